The molecular formula is C46H52O8S2. The molecule has 296 valence electrons. The normalized spacial score (nSPS) is 15.2. The third-order valence-corrected chi connectivity index (χ3v) is 17.3. The van der Waals surface area contributed by atoms with Crippen molar-refractivity contribution >= 4 is 43.9 Å². The summed E-state index contributed by atoms with van der Waals surface area (Å²) in [7, 11) is -2.36. The van der Waals surface area contributed by atoms with Gasteiger partial charge >= 0.3 is 23.9 Å². The van der Waals surface area contributed by atoms with E-state index in [1.165, 1.54) is 17.0 Å². The molecule has 0 aliphatic heterocycles. The average molecular weight is 797 g/mol. The second-order valence-corrected chi connectivity index (χ2v) is 21.4. The van der Waals surface area contributed by atoms with E-state index in [1.807, 2.05) is 36.4 Å². The molecule has 0 amide bonds. The molecule has 0 spiro atoms. The van der Waals surface area contributed by atoms with Gasteiger partial charge in [-0.3, -0.25) is 0 Å². The number of esters is 4. The van der Waals surface area contributed by atoms with Crippen molar-refractivity contribution in [3.8, 4) is 23.3 Å². The Morgan fingerprint density at radius 1 is 0.696 bits per heavy atom. The maximum Gasteiger partial charge on any atom is 0.344 e. The molecule has 3 aromatic carbocycles. The predicted octanol–water partition coefficient (Wildman–Crippen LogP) is 9.62. The Balaban J connectivity index is 1.49. The Hall–Kier alpha value is -5.24. The van der Waals surface area contributed by atoms with Crippen molar-refractivity contribution in [2.24, 2.45) is 0 Å². The highest BCUT2D eigenvalue weighted by Crippen LogP contribution is 2.53. The van der Waals surface area contributed by atoms with Gasteiger partial charge in [0.2, 0.25) is 0 Å². The molecule has 1 aliphatic rings. The van der Waals surface area contributed by atoms with Crippen LogP contribution in [0.25, 0.3) is 0 Å². The van der Waals surface area contributed by atoms with Crippen LogP contribution in [0.4, 0.5) is 0 Å². The molecule has 0 bridgehead atoms. The molecule has 0 heterocycles. The zero-order valence-electron chi connectivity index (χ0n) is 32.8. The lowest BCUT2D eigenvalue weighted by molar-refractivity contribution is -0.138. The second kappa shape index (κ2) is 21.2. The number of rotatable bonds is 18. The van der Waals surface area contributed by atoms with Crippen molar-refractivity contribution in [3.63, 3.8) is 0 Å². The Bertz CT molecular complexity index is 2020. The number of carbonyl (C=O) groups is 4. The second-order valence-electron chi connectivity index (χ2n) is 13.4. The maximum atomic E-state index is 13.6. The molecule has 56 heavy (non-hydrogen) atoms. The fourth-order valence-electron chi connectivity index (χ4n) is 5.87. The molecule has 0 fully saturated rings. The quantitative estimate of drug-likeness (QED) is 0.0412. The molecule has 0 radical (unpaired) electrons. The summed E-state index contributed by atoms with van der Waals surface area (Å²) in [5.41, 5.74) is 1.64. The number of hydrogen-bond acceptors (Lipinski definition) is 8. The van der Waals surface area contributed by atoms with E-state index in [1.54, 1.807) is 42.5 Å². The molecule has 0 N–H and O–H groups in total. The first-order chi connectivity index (χ1) is 26.9. The van der Waals surface area contributed by atoms with E-state index < -0.39 is 43.9 Å². The van der Waals surface area contributed by atoms with Crippen LogP contribution in [0.1, 0.15) is 65.8 Å². The monoisotopic (exact) mass is 796 g/mol. The molecule has 0 saturated heterocycles. The molecule has 0 saturated carbocycles. The molecule has 2 atom stereocenters. The van der Waals surface area contributed by atoms with Gasteiger partial charge in [0.05, 0.1) is 24.3 Å². The number of carbonyl (C=O) groups excluding carboxylic acids is 4. The van der Waals surface area contributed by atoms with Crippen LogP contribution in [0.5, 0.6) is 11.5 Å². The summed E-state index contributed by atoms with van der Waals surface area (Å²) in [6, 6.07) is 19.8. The molecule has 1 aliphatic carbocycles. The highest BCUT2D eigenvalue weighted by Gasteiger charge is 2.22. The van der Waals surface area contributed by atoms with Gasteiger partial charge in [-0.1, -0.05) is 57.1 Å². The van der Waals surface area contributed by atoms with Crippen molar-refractivity contribution in [2.75, 3.05) is 48.7 Å². The van der Waals surface area contributed by atoms with Crippen LogP contribution in [0, 0.1) is 11.8 Å². The first-order valence-corrected chi connectivity index (χ1v) is 23.4. The van der Waals surface area contributed by atoms with E-state index in [9.17, 15) is 19.2 Å². The lowest BCUT2D eigenvalue weighted by Gasteiger charge is -2.35. The van der Waals surface area contributed by atoms with Gasteiger partial charge in [0.25, 0.3) is 0 Å². The van der Waals surface area contributed by atoms with E-state index in [0.717, 1.165) is 59.2 Å². The molecule has 0 aromatic heterocycles. The highest BCUT2D eigenvalue weighted by molar-refractivity contribution is 8.33. The Labute approximate surface area is 334 Å². The molecule has 3 aromatic rings. The first kappa shape index (κ1) is 43.5. The van der Waals surface area contributed by atoms with Crippen LogP contribution in [0.3, 0.4) is 0 Å². The average Bonchev–Trinajstić information content (AvgIpc) is 3.23. The number of ether oxygens (including phenoxy) is 4. The van der Waals surface area contributed by atoms with Gasteiger partial charge in [0.15, 0.2) is 0 Å². The fraction of sp³-hybridized carbons (Fsp3) is 0.304. The van der Waals surface area contributed by atoms with Crippen LogP contribution in [0.2, 0.25) is 0 Å². The van der Waals surface area contributed by atoms with Gasteiger partial charge in [0, 0.05) is 23.3 Å². The lowest BCUT2D eigenvalue weighted by atomic mass is 10.0. The third kappa shape index (κ3) is 12.4. The first-order valence-electron chi connectivity index (χ1n) is 18.7. The SMILES string of the molecule is C=CC(=O)OCCCS(C)(CC)c1ccc(OC(=O)c2ccc(C(=O)Oc3ccc(S(C)(CC)CCCOC(=O)C=C)cc3)c(C#CC3=CCCC=C3)c2)cc1. The van der Waals surface area contributed by atoms with Gasteiger partial charge in [-0.2, -0.15) is 0 Å². The maximum absolute atomic E-state index is 13.6. The van der Waals surface area contributed by atoms with E-state index in [4.69, 9.17) is 18.9 Å². The minimum atomic E-state index is -1.18. The summed E-state index contributed by atoms with van der Waals surface area (Å²) in [5.74, 6) is 8.68. The summed E-state index contributed by atoms with van der Waals surface area (Å²) in [6.07, 6.45) is 16.1. The minimum Gasteiger partial charge on any atom is -0.463 e. The van der Waals surface area contributed by atoms with Crippen molar-refractivity contribution < 1.29 is 38.1 Å². The number of allylic oxidation sites excluding steroid dienone is 4. The zero-order valence-corrected chi connectivity index (χ0v) is 34.4. The molecule has 10 heteroatoms. The summed E-state index contributed by atoms with van der Waals surface area (Å²) in [6.45, 7) is 11.8. The van der Waals surface area contributed by atoms with E-state index in [2.05, 4.69) is 57.4 Å². The fourth-order valence-corrected chi connectivity index (χ4v) is 10.7. The van der Waals surface area contributed by atoms with Gasteiger partial charge in [-0.25, -0.2) is 39.2 Å². The predicted molar refractivity (Wildman–Crippen MR) is 229 cm³/mol. The van der Waals surface area contributed by atoms with Gasteiger partial charge in [-0.15, -0.1) is 0 Å². The topological polar surface area (TPSA) is 105 Å². The zero-order chi connectivity index (χ0) is 40.6. The van der Waals surface area contributed by atoms with Crippen molar-refractivity contribution in [2.45, 2.75) is 49.3 Å². The minimum absolute atomic E-state index is 0.224. The summed E-state index contributed by atoms with van der Waals surface area (Å²) in [5, 5.41) is 0. The van der Waals surface area contributed by atoms with Crippen LogP contribution < -0.4 is 9.47 Å². The van der Waals surface area contributed by atoms with E-state index >= 15 is 0 Å². The summed E-state index contributed by atoms with van der Waals surface area (Å²) in [4.78, 5) is 52.2. The third-order valence-electron chi connectivity index (χ3n) is 9.59. The van der Waals surface area contributed by atoms with Crippen LogP contribution >= 0.6 is 20.1 Å². The number of hydrogen-bond donors (Lipinski definition) is 0. The Morgan fingerprint density at radius 2 is 1.21 bits per heavy atom. The van der Waals surface area contributed by atoms with E-state index in [0.29, 0.717) is 30.3 Å². The molecule has 2 unspecified atom stereocenters. The van der Waals surface area contributed by atoms with Crippen LogP contribution in [-0.4, -0.2) is 72.6 Å². The van der Waals surface area contributed by atoms with Gasteiger partial charge < -0.3 is 18.9 Å². The summed E-state index contributed by atoms with van der Waals surface area (Å²) >= 11 is 0. The molecule has 8 nitrogen and oxygen atoms in total. The smallest absolute Gasteiger partial charge is 0.344 e. The van der Waals surface area contributed by atoms with Gasteiger partial charge in [-0.05, 0) is 138 Å². The summed E-state index contributed by atoms with van der Waals surface area (Å²) < 4.78 is 21.9. The number of benzene rings is 3. The largest absolute Gasteiger partial charge is 0.463 e. The van der Waals surface area contributed by atoms with Crippen molar-refractivity contribution in [1.29, 1.82) is 0 Å². The van der Waals surface area contributed by atoms with Gasteiger partial charge in [0.1, 0.15) is 11.5 Å². The standard InChI is InChI=1S/C46H52O8S2/c1-7-43(47)51-30-14-32-55(5,9-3)40-25-21-38(22-26-40)53-45(49)37-20-29-42(36(34-37)19-18-35-16-12-11-13-17-35)46(50)54-39-23-27-41(28-24-39)56(6,10-4)33-15-31-52-44(48)8-2/h7-8,12,16-17,20-29,34H,1-2,9-11,13-15,30-33H2,3-6H3. The highest BCUT2D eigenvalue weighted by atomic mass is 32.3. The molecule has 4 rings (SSSR count). The Kier molecular flexibility index (Phi) is 16.4. The van der Waals surface area contributed by atoms with Crippen molar-refractivity contribution in [1.82, 2.24) is 0 Å². The van der Waals surface area contributed by atoms with Crippen LogP contribution in [-0.2, 0) is 19.1 Å². The van der Waals surface area contributed by atoms with Crippen molar-refractivity contribution in [3.05, 3.63) is 133 Å². The molecular weight excluding hydrogens is 745 g/mol. The van der Waals surface area contributed by atoms with Crippen LogP contribution in [0.15, 0.2) is 126 Å². The van der Waals surface area contributed by atoms with E-state index in [-0.39, 0.29) is 11.1 Å². The lowest BCUT2D eigenvalue weighted by Crippen LogP contribution is -2.14. The Morgan fingerprint density at radius 3 is 1.68 bits per heavy atom.